The first kappa shape index (κ1) is 30.5. The lowest BCUT2D eigenvalue weighted by atomic mass is 9.77. The summed E-state index contributed by atoms with van der Waals surface area (Å²) in [6.45, 7) is 3.91. The summed E-state index contributed by atoms with van der Waals surface area (Å²) in [5.41, 5.74) is 2.37. The van der Waals surface area contributed by atoms with Crippen molar-refractivity contribution in [1.82, 2.24) is 15.2 Å². The molecule has 2 aromatic carbocycles. The van der Waals surface area contributed by atoms with E-state index < -0.39 is 17.4 Å². The number of pyridine rings is 1. The van der Waals surface area contributed by atoms with Gasteiger partial charge in [-0.15, -0.1) is 0 Å². The van der Waals surface area contributed by atoms with Crippen molar-refractivity contribution in [2.45, 2.75) is 50.0 Å². The molecular formula is C34H42N4O5. The third kappa shape index (κ3) is 8.12. The van der Waals surface area contributed by atoms with E-state index in [0.717, 1.165) is 68.0 Å². The van der Waals surface area contributed by atoms with Gasteiger partial charge in [-0.1, -0.05) is 54.6 Å². The fourth-order valence-electron chi connectivity index (χ4n) is 5.65. The monoisotopic (exact) mass is 586 g/mol. The predicted molar refractivity (Wildman–Crippen MR) is 165 cm³/mol. The molecule has 1 fully saturated rings. The second-order valence-corrected chi connectivity index (χ2v) is 11.4. The lowest BCUT2D eigenvalue weighted by Crippen LogP contribution is -2.60. The molecule has 0 aliphatic carbocycles. The number of amides is 1. The molecule has 9 nitrogen and oxygen atoms in total. The summed E-state index contributed by atoms with van der Waals surface area (Å²) in [6, 6.07) is 22.4. The van der Waals surface area contributed by atoms with Gasteiger partial charge in [-0.3, -0.25) is 9.69 Å². The number of anilines is 1. The molecule has 0 spiro atoms. The number of nitrogens with one attached hydrogen (secondary N) is 2. The van der Waals surface area contributed by atoms with Crippen LogP contribution in [0.4, 0.5) is 5.82 Å². The van der Waals surface area contributed by atoms with Gasteiger partial charge in [-0.05, 0) is 74.4 Å². The van der Waals surface area contributed by atoms with Crippen LogP contribution in [0.2, 0.25) is 0 Å². The quantitative estimate of drug-likeness (QED) is 0.215. The van der Waals surface area contributed by atoms with Gasteiger partial charge >= 0.3 is 5.97 Å². The minimum absolute atomic E-state index is 0.243. The molecule has 1 aromatic heterocycles. The highest BCUT2D eigenvalue weighted by Crippen LogP contribution is 2.33. The van der Waals surface area contributed by atoms with Gasteiger partial charge in [0.05, 0.1) is 13.2 Å². The molecule has 2 aliphatic rings. The number of carbonyl (C=O) groups excluding carboxylic acids is 1. The van der Waals surface area contributed by atoms with Crippen LogP contribution < -0.4 is 15.4 Å². The largest absolute Gasteiger partial charge is 0.492 e. The van der Waals surface area contributed by atoms with Crippen molar-refractivity contribution in [3.05, 3.63) is 89.6 Å². The van der Waals surface area contributed by atoms with Crippen molar-refractivity contribution >= 4 is 17.7 Å². The topological polar surface area (TPSA) is 113 Å². The molecule has 0 unspecified atom stereocenters. The molecule has 1 atom stereocenters. The number of aromatic nitrogens is 1. The van der Waals surface area contributed by atoms with Gasteiger partial charge in [0.15, 0.2) is 0 Å². The molecule has 2 aliphatic heterocycles. The summed E-state index contributed by atoms with van der Waals surface area (Å²) < 4.78 is 11.4. The molecule has 3 aromatic rings. The van der Waals surface area contributed by atoms with Gasteiger partial charge in [0.2, 0.25) is 5.91 Å². The Morgan fingerprint density at radius 3 is 2.49 bits per heavy atom. The van der Waals surface area contributed by atoms with Crippen LogP contribution in [-0.4, -0.2) is 78.9 Å². The highest BCUT2D eigenvalue weighted by molar-refractivity contribution is 5.92. The fourth-order valence-corrected chi connectivity index (χ4v) is 5.65. The van der Waals surface area contributed by atoms with Crippen LogP contribution in [0.25, 0.3) is 0 Å². The molecule has 228 valence electrons. The molecule has 0 bridgehead atoms. The van der Waals surface area contributed by atoms with Crippen molar-refractivity contribution in [1.29, 1.82) is 0 Å². The second-order valence-electron chi connectivity index (χ2n) is 11.4. The van der Waals surface area contributed by atoms with Gasteiger partial charge in [0.1, 0.15) is 29.6 Å². The van der Waals surface area contributed by atoms with E-state index in [4.69, 9.17) is 14.5 Å². The van der Waals surface area contributed by atoms with Crippen molar-refractivity contribution in [3.8, 4) is 5.75 Å². The number of carboxylic acids is 1. The molecule has 43 heavy (non-hydrogen) atoms. The van der Waals surface area contributed by atoms with Crippen LogP contribution in [0.5, 0.6) is 5.75 Å². The van der Waals surface area contributed by atoms with Crippen LogP contribution in [0.15, 0.2) is 72.8 Å². The maximum absolute atomic E-state index is 13.4. The maximum atomic E-state index is 13.4. The molecule has 9 heteroatoms. The molecular weight excluding hydrogens is 544 g/mol. The van der Waals surface area contributed by atoms with Crippen molar-refractivity contribution in [2.75, 3.05) is 51.3 Å². The Morgan fingerprint density at radius 1 is 1.00 bits per heavy atom. The minimum atomic E-state index is -1.04. The van der Waals surface area contributed by atoms with E-state index in [9.17, 15) is 14.7 Å². The third-order valence-corrected chi connectivity index (χ3v) is 8.32. The molecule has 0 saturated carbocycles. The Labute approximate surface area is 253 Å². The number of unbranched alkanes of at least 4 members (excludes halogenated alkanes) is 1. The zero-order valence-corrected chi connectivity index (χ0v) is 24.7. The van der Waals surface area contributed by atoms with Crippen molar-refractivity contribution < 1.29 is 24.2 Å². The van der Waals surface area contributed by atoms with Gasteiger partial charge in [-0.25, -0.2) is 9.78 Å². The maximum Gasteiger partial charge on any atom is 0.326 e. The Kier molecular flexibility index (Phi) is 10.6. The molecule has 1 amide bonds. The van der Waals surface area contributed by atoms with E-state index in [1.54, 1.807) is 0 Å². The molecule has 3 N–H and O–H groups in total. The van der Waals surface area contributed by atoms with E-state index >= 15 is 0 Å². The number of aliphatic carboxylic acids is 1. The normalized spacial score (nSPS) is 15.9. The first-order valence-corrected chi connectivity index (χ1v) is 15.3. The number of ether oxygens (including phenoxy) is 2. The number of rotatable bonds is 16. The number of fused-ring (bicyclic) bond motifs is 1. The van der Waals surface area contributed by atoms with Crippen LogP contribution in [-0.2, 0) is 32.6 Å². The number of hydrogen-bond acceptors (Lipinski definition) is 7. The van der Waals surface area contributed by atoms with Crippen molar-refractivity contribution in [2.24, 2.45) is 0 Å². The second kappa shape index (κ2) is 15.0. The Morgan fingerprint density at radius 2 is 1.77 bits per heavy atom. The molecule has 3 heterocycles. The Balaban J connectivity index is 1.16. The Bertz CT molecular complexity index is 1330. The molecule has 1 saturated heterocycles. The standard InChI is InChI=1S/C34H42N4O5/c39-32(40)30(37-33(41)34(24-42-25-34)27-11-3-1-4-12-27)18-21-38(22-23-43-29-14-5-2-6-15-29)20-8-7-13-28-17-16-26-10-9-19-35-31(26)36-28/h1-6,11-12,14-17,30H,7-10,13,18-25H2,(H,35,36)(H,37,41)(H,39,40)/t30-/m0/s1. The molecule has 0 radical (unpaired) electrons. The number of hydrogen-bond donors (Lipinski definition) is 3. The van der Waals surface area contributed by atoms with E-state index in [0.29, 0.717) is 19.7 Å². The summed E-state index contributed by atoms with van der Waals surface area (Å²) in [7, 11) is 0. The van der Waals surface area contributed by atoms with E-state index in [2.05, 4.69) is 27.7 Å². The van der Waals surface area contributed by atoms with Crippen molar-refractivity contribution in [3.63, 3.8) is 0 Å². The Hall–Kier alpha value is -3.95. The lowest BCUT2D eigenvalue weighted by molar-refractivity contribution is -0.151. The van der Waals surface area contributed by atoms with Gasteiger partial charge in [-0.2, -0.15) is 0 Å². The number of carboxylic acid groups (broad SMARTS) is 1. The van der Waals surface area contributed by atoms with Gasteiger partial charge < -0.3 is 25.2 Å². The summed E-state index contributed by atoms with van der Waals surface area (Å²) in [6.07, 6.45) is 5.31. The zero-order chi connectivity index (χ0) is 29.9. The number of aryl methyl sites for hydroxylation is 2. The lowest BCUT2D eigenvalue weighted by Gasteiger charge is -2.41. The smallest absolute Gasteiger partial charge is 0.326 e. The third-order valence-electron chi connectivity index (χ3n) is 8.32. The number of benzene rings is 2. The average molecular weight is 587 g/mol. The van der Waals surface area contributed by atoms with Gasteiger partial charge in [0, 0.05) is 25.3 Å². The van der Waals surface area contributed by atoms with Crippen LogP contribution >= 0.6 is 0 Å². The van der Waals surface area contributed by atoms with Gasteiger partial charge in [0.25, 0.3) is 0 Å². The highest BCUT2D eigenvalue weighted by atomic mass is 16.5. The summed E-state index contributed by atoms with van der Waals surface area (Å²) in [5.74, 6) is 0.486. The number of nitrogens with zero attached hydrogens (tertiary/aromatic N) is 2. The summed E-state index contributed by atoms with van der Waals surface area (Å²) in [4.78, 5) is 32.6. The summed E-state index contributed by atoms with van der Waals surface area (Å²) >= 11 is 0. The average Bonchev–Trinajstić information content (AvgIpc) is 3.01. The zero-order valence-electron chi connectivity index (χ0n) is 24.7. The predicted octanol–water partition coefficient (Wildman–Crippen LogP) is 4.07. The SMILES string of the molecule is O=C(O)[C@H](CCN(CCCCc1ccc2c(n1)NCCC2)CCOc1ccccc1)NC(=O)C1(c2ccccc2)COC1. The van der Waals surface area contributed by atoms with Crippen LogP contribution in [0.3, 0.4) is 0 Å². The summed E-state index contributed by atoms with van der Waals surface area (Å²) in [5, 5.41) is 16.2. The van der Waals surface area contributed by atoms with E-state index in [-0.39, 0.29) is 25.5 Å². The highest BCUT2D eigenvalue weighted by Gasteiger charge is 2.48. The minimum Gasteiger partial charge on any atom is -0.492 e. The number of para-hydroxylation sites is 1. The molecule has 5 rings (SSSR count). The van der Waals surface area contributed by atoms with Crippen LogP contribution in [0, 0.1) is 0 Å². The van der Waals surface area contributed by atoms with E-state index in [1.807, 2.05) is 60.7 Å². The fraction of sp³-hybridized carbons (Fsp3) is 0.441. The first-order valence-electron chi connectivity index (χ1n) is 15.3. The number of carbonyl (C=O) groups is 2. The van der Waals surface area contributed by atoms with E-state index in [1.165, 1.54) is 5.56 Å². The first-order chi connectivity index (χ1) is 21.0. The van der Waals surface area contributed by atoms with Crippen LogP contribution in [0.1, 0.15) is 42.5 Å².